The molecule has 0 bridgehead atoms. The van der Waals surface area contributed by atoms with Gasteiger partial charge in [0.05, 0.1) is 0 Å². The van der Waals surface area contributed by atoms with Gasteiger partial charge in [-0.15, -0.1) is 0 Å². The molecule has 1 unspecified atom stereocenters. The second kappa shape index (κ2) is 7.67. The molecule has 1 rings (SSSR count). The Morgan fingerprint density at radius 3 is 2.50 bits per heavy atom. The number of hydrogen-bond donors (Lipinski definition) is 1. The quantitative estimate of drug-likeness (QED) is 0.724. The lowest BCUT2D eigenvalue weighted by molar-refractivity contribution is 0.219. The maximum absolute atomic E-state index is 10.3. The highest BCUT2D eigenvalue weighted by atomic mass is 16.3. The molecule has 0 amide bonds. The van der Waals surface area contributed by atoms with Crippen LogP contribution in [0.15, 0.2) is 66.3 Å². The number of hydrogen-bond acceptors (Lipinski definition) is 1. The van der Waals surface area contributed by atoms with E-state index in [9.17, 15) is 5.11 Å². The van der Waals surface area contributed by atoms with Crippen molar-refractivity contribution < 1.29 is 5.11 Å². The third-order valence-electron chi connectivity index (χ3n) is 2.85. The van der Waals surface area contributed by atoms with E-state index in [0.29, 0.717) is 0 Å². The van der Waals surface area contributed by atoms with Crippen LogP contribution in [-0.4, -0.2) is 5.11 Å². The maximum Gasteiger partial charge on any atom is 0.104 e. The Labute approximate surface area is 110 Å². The molecular formula is C17H22O. The van der Waals surface area contributed by atoms with Gasteiger partial charge in [0.25, 0.3) is 0 Å². The third-order valence-corrected chi connectivity index (χ3v) is 2.85. The van der Waals surface area contributed by atoms with Gasteiger partial charge in [-0.3, -0.25) is 0 Å². The zero-order valence-corrected chi connectivity index (χ0v) is 11.3. The molecule has 18 heavy (non-hydrogen) atoms. The van der Waals surface area contributed by atoms with Crippen molar-refractivity contribution in [1.29, 1.82) is 0 Å². The van der Waals surface area contributed by atoms with Crippen molar-refractivity contribution in [2.75, 3.05) is 0 Å². The molecule has 1 heteroatoms. The van der Waals surface area contributed by atoms with E-state index in [1.807, 2.05) is 55.5 Å². The van der Waals surface area contributed by atoms with Gasteiger partial charge in [0.2, 0.25) is 0 Å². The smallest absolute Gasteiger partial charge is 0.104 e. The molecule has 1 atom stereocenters. The lowest BCUT2D eigenvalue weighted by Crippen LogP contribution is -1.99. The van der Waals surface area contributed by atoms with Gasteiger partial charge in [-0.2, -0.15) is 0 Å². The van der Waals surface area contributed by atoms with Gasteiger partial charge in [0, 0.05) is 0 Å². The van der Waals surface area contributed by atoms with Gasteiger partial charge < -0.3 is 5.11 Å². The monoisotopic (exact) mass is 242 g/mol. The van der Waals surface area contributed by atoms with Crippen molar-refractivity contribution in [1.82, 2.24) is 0 Å². The fourth-order valence-electron chi connectivity index (χ4n) is 1.79. The molecule has 1 aromatic rings. The minimum Gasteiger partial charge on any atom is -0.384 e. The number of aliphatic hydroxyl groups is 1. The van der Waals surface area contributed by atoms with Crippen molar-refractivity contribution in [3.05, 3.63) is 71.8 Å². The lowest BCUT2D eigenvalue weighted by Gasteiger charge is -2.12. The average Bonchev–Trinajstić information content (AvgIpc) is 2.40. The van der Waals surface area contributed by atoms with Crippen LogP contribution in [0.1, 0.15) is 38.4 Å². The summed E-state index contributed by atoms with van der Waals surface area (Å²) < 4.78 is 0. The van der Waals surface area contributed by atoms with E-state index in [-0.39, 0.29) is 0 Å². The normalized spacial score (nSPS) is 13.8. The number of rotatable bonds is 6. The summed E-state index contributed by atoms with van der Waals surface area (Å²) >= 11 is 0. The first-order valence-corrected chi connectivity index (χ1v) is 6.44. The fourth-order valence-corrected chi connectivity index (χ4v) is 1.79. The first kappa shape index (κ1) is 14.5. The Morgan fingerprint density at radius 1 is 1.28 bits per heavy atom. The summed E-state index contributed by atoms with van der Waals surface area (Å²) in [4.78, 5) is 0. The molecule has 1 aromatic carbocycles. The summed E-state index contributed by atoms with van der Waals surface area (Å²) in [5.41, 5.74) is 2.91. The molecule has 1 N–H and O–H groups in total. The summed E-state index contributed by atoms with van der Waals surface area (Å²) in [6.45, 7) is 8.06. The zero-order chi connectivity index (χ0) is 13.4. The topological polar surface area (TPSA) is 20.2 Å². The predicted molar refractivity (Wildman–Crippen MR) is 78.3 cm³/mol. The lowest BCUT2D eigenvalue weighted by atomic mass is 10.00. The molecule has 1 nitrogen and oxygen atoms in total. The molecule has 0 saturated heterocycles. The Morgan fingerprint density at radius 2 is 1.94 bits per heavy atom. The van der Waals surface area contributed by atoms with Crippen LogP contribution in [0.5, 0.6) is 0 Å². The molecule has 0 aromatic heterocycles. The SMILES string of the molecule is C=C(/C=C\C(=C/C)C(O)c1ccccc1)CCC. The van der Waals surface area contributed by atoms with Crippen LogP contribution in [-0.2, 0) is 0 Å². The second-order valence-electron chi connectivity index (χ2n) is 4.34. The largest absolute Gasteiger partial charge is 0.384 e. The Hall–Kier alpha value is -1.60. The van der Waals surface area contributed by atoms with Gasteiger partial charge >= 0.3 is 0 Å². The maximum atomic E-state index is 10.3. The van der Waals surface area contributed by atoms with E-state index in [1.165, 1.54) is 0 Å². The third kappa shape index (κ3) is 4.34. The highest BCUT2D eigenvalue weighted by molar-refractivity contribution is 5.34. The fraction of sp³-hybridized carbons (Fsp3) is 0.294. The van der Waals surface area contributed by atoms with Crippen LogP contribution in [0, 0.1) is 0 Å². The summed E-state index contributed by atoms with van der Waals surface area (Å²) in [5, 5.41) is 10.3. The molecular weight excluding hydrogens is 220 g/mol. The van der Waals surface area contributed by atoms with Gasteiger partial charge in [0.15, 0.2) is 0 Å². The highest BCUT2D eigenvalue weighted by Crippen LogP contribution is 2.22. The highest BCUT2D eigenvalue weighted by Gasteiger charge is 2.09. The summed E-state index contributed by atoms with van der Waals surface area (Å²) in [6.07, 6.45) is 7.40. The van der Waals surface area contributed by atoms with E-state index in [4.69, 9.17) is 0 Å². The van der Waals surface area contributed by atoms with Gasteiger partial charge in [-0.05, 0) is 24.5 Å². The van der Waals surface area contributed by atoms with E-state index < -0.39 is 6.10 Å². The van der Waals surface area contributed by atoms with Gasteiger partial charge in [-0.25, -0.2) is 0 Å². The first-order valence-electron chi connectivity index (χ1n) is 6.44. The molecule has 0 aliphatic carbocycles. The summed E-state index contributed by atoms with van der Waals surface area (Å²) in [6, 6.07) is 9.69. The number of aliphatic hydroxyl groups excluding tert-OH is 1. The zero-order valence-electron chi connectivity index (χ0n) is 11.3. The van der Waals surface area contributed by atoms with Crippen LogP contribution in [0.3, 0.4) is 0 Å². The van der Waals surface area contributed by atoms with Crippen molar-refractivity contribution in [3.63, 3.8) is 0 Å². The molecule has 0 heterocycles. The van der Waals surface area contributed by atoms with Crippen LogP contribution in [0.2, 0.25) is 0 Å². The predicted octanol–water partition coefficient (Wildman–Crippen LogP) is 4.58. The van der Waals surface area contributed by atoms with Gasteiger partial charge in [0.1, 0.15) is 6.10 Å². The molecule has 0 fully saturated rings. The van der Waals surface area contributed by atoms with Crippen LogP contribution >= 0.6 is 0 Å². The molecule has 96 valence electrons. The average molecular weight is 242 g/mol. The van der Waals surface area contributed by atoms with Crippen LogP contribution in [0.4, 0.5) is 0 Å². The molecule has 0 saturated carbocycles. The Kier molecular flexibility index (Phi) is 6.16. The van der Waals surface area contributed by atoms with Crippen molar-refractivity contribution >= 4 is 0 Å². The second-order valence-corrected chi connectivity index (χ2v) is 4.34. The van der Waals surface area contributed by atoms with E-state index in [0.717, 1.165) is 29.6 Å². The molecule has 0 spiro atoms. The number of benzene rings is 1. The van der Waals surface area contributed by atoms with Crippen molar-refractivity contribution in [3.8, 4) is 0 Å². The number of allylic oxidation sites excluding steroid dienone is 3. The molecule has 0 aliphatic rings. The standard InChI is InChI=1S/C17H22O/c1-4-9-14(3)12-13-15(5-2)17(18)16-10-7-6-8-11-16/h5-8,10-13,17-18H,3-4,9H2,1-2H3/b13-12-,15-5+. The van der Waals surface area contributed by atoms with E-state index in [2.05, 4.69) is 13.5 Å². The van der Waals surface area contributed by atoms with Crippen molar-refractivity contribution in [2.24, 2.45) is 0 Å². The van der Waals surface area contributed by atoms with Crippen LogP contribution < -0.4 is 0 Å². The summed E-state index contributed by atoms with van der Waals surface area (Å²) in [5.74, 6) is 0. The van der Waals surface area contributed by atoms with Gasteiger partial charge in [-0.1, -0.05) is 74.1 Å². The Bertz CT molecular complexity index is 426. The minimum absolute atomic E-state index is 0.568. The molecule has 0 aliphatic heterocycles. The van der Waals surface area contributed by atoms with Crippen molar-refractivity contribution in [2.45, 2.75) is 32.8 Å². The minimum atomic E-state index is -0.568. The van der Waals surface area contributed by atoms with E-state index >= 15 is 0 Å². The molecule has 0 radical (unpaired) electrons. The Balaban J connectivity index is 2.76. The first-order chi connectivity index (χ1) is 8.69. The van der Waals surface area contributed by atoms with E-state index in [1.54, 1.807) is 0 Å². The van der Waals surface area contributed by atoms with Crippen LogP contribution in [0.25, 0.3) is 0 Å². The summed E-state index contributed by atoms with van der Waals surface area (Å²) in [7, 11) is 0.